The Bertz CT molecular complexity index is 655. The predicted molar refractivity (Wildman–Crippen MR) is 81.2 cm³/mol. The lowest BCUT2D eigenvalue weighted by molar-refractivity contribution is -0.139. The highest BCUT2D eigenvalue weighted by molar-refractivity contribution is 7.13. The minimum absolute atomic E-state index is 0.0818. The van der Waals surface area contributed by atoms with Crippen molar-refractivity contribution in [2.75, 3.05) is 12.4 Å². The van der Waals surface area contributed by atoms with Crippen molar-refractivity contribution in [3.63, 3.8) is 0 Å². The van der Waals surface area contributed by atoms with Gasteiger partial charge in [-0.05, 0) is 24.1 Å². The van der Waals surface area contributed by atoms with Crippen LogP contribution in [-0.2, 0) is 27.2 Å². The van der Waals surface area contributed by atoms with Crippen molar-refractivity contribution in [1.29, 1.82) is 0 Å². The van der Waals surface area contributed by atoms with Crippen molar-refractivity contribution < 1.29 is 18.7 Å². The number of rotatable bonds is 6. The van der Waals surface area contributed by atoms with Gasteiger partial charge in [0.2, 0.25) is 5.91 Å². The number of carbonyl (C=O) groups excluding carboxylic acids is 2. The first-order chi connectivity index (χ1) is 10.6. The van der Waals surface area contributed by atoms with Gasteiger partial charge >= 0.3 is 5.97 Å². The molecule has 0 spiro atoms. The maximum atomic E-state index is 12.8. The molecule has 22 heavy (non-hydrogen) atoms. The quantitative estimate of drug-likeness (QED) is 0.830. The normalized spacial score (nSPS) is 10.3. The van der Waals surface area contributed by atoms with E-state index in [2.05, 4.69) is 15.0 Å². The molecule has 7 heteroatoms. The Hall–Kier alpha value is -2.28. The highest BCUT2D eigenvalue weighted by Gasteiger charge is 2.10. The summed E-state index contributed by atoms with van der Waals surface area (Å²) in [5.74, 6) is -0.850. The van der Waals surface area contributed by atoms with Crippen molar-refractivity contribution in [1.82, 2.24) is 4.98 Å². The molecule has 0 radical (unpaired) electrons. The number of methoxy groups -OCH3 is 1. The fourth-order valence-electron chi connectivity index (χ4n) is 1.76. The van der Waals surface area contributed by atoms with Crippen LogP contribution in [0, 0.1) is 5.82 Å². The highest BCUT2D eigenvalue weighted by atomic mass is 32.1. The first-order valence-corrected chi connectivity index (χ1v) is 7.50. The van der Waals surface area contributed by atoms with Crippen LogP contribution in [0.3, 0.4) is 0 Å². The van der Waals surface area contributed by atoms with E-state index in [9.17, 15) is 14.0 Å². The average molecular weight is 322 g/mol. The van der Waals surface area contributed by atoms with Gasteiger partial charge in [0, 0.05) is 11.8 Å². The average Bonchev–Trinajstić information content (AvgIpc) is 2.93. The summed E-state index contributed by atoms with van der Waals surface area (Å²) in [5.41, 5.74) is 1.45. The number of ether oxygens (including phenoxy) is 1. The molecule has 1 heterocycles. The number of benzene rings is 1. The zero-order valence-electron chi connectivity index (χ0n) is 12.0. The van der Waals surface area contributed by atoms with E-state index in [0.717, 1.165) is 5.56 Å². The van der Waals surface area contributed by atoms with Crippen LogP contribution in [0.5, 0.6) is 0 Å². The lowest BCUT2D eigenvalue weighted by Crippen LogP contribution is -2.12. The van der Waals surface area contributed by atoms with Crippen LogP contribution in [-0.4, -0.2) is 24.0 Å². The maximum Gasteiger partial charge on any atom is 0.311 e. The lowest BCUT2D eigenvalue weighted by Gasteiger charge is -2.02. The van der Waals surface area contributed by atoms with Crippen LogP contribution >= 0.6 is 11.3 Å². The zero-order valence-corrected chi connectivity index (χ0v) is 12.8. The van der Waals surface area contributed by atoms with E-state index in [0.29, 0.717) is 17.2 Å². The zero-order chi connectivity index (χ0) is 15.9. The Morgan fingerprint density at radius 2 is 2.05 bits per heavy atom. The van der Waals surface area contributed by atoms with Crippen molar-refractivity contribution in [3.05, 3.63) is 46.7 Å². The Labute approximate surface area is 131 Å². The molecule has 0 saturated carbocycles. The van der Waals surface area contributed by atoms with Gasteiger partial charge in [-0.15, -0.1) is 11.3 Å². The predicted octanol–water partition coefficient (Wildman–Crippen LogP) is 2.57. The van der Waals surface area contributed by atoms with E-state index in [1.54, 1.807) is 17.5 Å². The van der Waals surface area contributed by atoms with Gasteiger partial charge in [-0.2, -0.15) is 0 Å². The van der Waals surface area contributed by atoms with Crippen LogP contribution in [0.4, 0.5) is 9.52 Å². The number of nitrogens with zero attached hydrogens (tertiary/aromatic N) is 1. The molecular formula is C15H15FN2O3S. The van der Waals surface area contributed by atoms with Gasteiger partial charge in [0.25, 0.3) is 0 Å². The molecule has 0 aliphatic heterocycles. The van der Waals surface area contributed by atoms with Crippen LogP contribution in [0.15, 0.2) is 29.6 Å². The van der Waals surface area contributed by atoms with Crippen LogP contribution < -0.4 is 5.32 Å². The van der Waals surface area contributed by atoms with Gasteiger partial charge in [0.1, 0.15) is 5.82 Å². The van der Waals surface area contributed by atoms with Gasteiger partial charge in [-0.25, -0.2) is 9.37 Å². The molecule has 0 atom stereocenters. The summed E-state index contributed by atoms with van der Waals surface area (Å²) < 4.78 is 17.3. The van der Waals surface area contributed by atoms with Gasteiger partial charge in [-0.1, -0.05) is 12.1 Å². The number of aryl methyl sites for hydroxylation is 1. The standard InChI is InChI=1S/C15H15FN2O3S/c1-21-14(20)8-12-9-22-15(17-12)18-13(19)7-4-10-2-5-11(16)6-3-10/h2-3,5-6,9H,4,7-8H2,1H3,(H,17,18,19). The van der Waals surface area contributed by atoms with Gasteiger partial charge in [-0.3, -0.25) is 9.59 Å². The number of thiazole rings is 1. The third-order valence-corrected chi connectivity index (χ3v) is 3.71. The van der Waals surface area contributed by atoms with Crippen molar-refractivity contribution in [3.8, 4) is 0 Å². The summed E-state index contributed by atoms with van der Waals surface area (Å²) in [7, 11) is 1.31. The summed E-state index contributed by atoms with van der Waals surface area (Å²) in [4.78, 5) is 27.1. The van der Waals surface area contributed by atoms with Crippen molar-refractivity contribution in [2.45, 2.75) is 19.3 Å². The van der Waals surface area contributed by atoms with Crippen LogP contribution in [0.25, 0.3) is 0 Å². The van der Waals surface area contributed by atoms with Gasteiger partial charge in [0.05, 0.1) is 19.2 Å². The second-order valence-electron chi connectivity index (χ2n) is 4.57. The SMILES string of the molecule is COC(=O)Cc1csc(NC(=O)CCc2ccc(F)cc2)n1. The molecule has 0 aliphatic carbocycles. The summed E-state index contributed by atoms with van der Waals surface area (Å²) in [5, 5.41) is 4.83. The molecule has 116 valence electrons. The second-order valence-corrected chi connectivity index (χ2v) is 5.43. The summed E-state index contributed by atoms with van der Waals surface area (Å²) in [6.07, 6.45) is 0.877. The largest absolute Gasteiger partial charge is 0.469 e. The minimum Gasteiger partial charge on any atom is -0.469 e. The number of hydrogen-bond acceptors (Lipinski definition) is 5. The van der Waals surface area contributed by atoms with Gasteiger partial charge in [0.15, 0.2) is 5.13 Å². The molecule has 1 aromatic heterocycles. The second kappa shape index (κ2) is 7.65. The molecule has 2 rings (SSSR count). The number of nitrogens with one attached hydrogen (secondary N) is 1. The third kappa shape index (κ3) is 4.92. The maximum absolute atomic E-state index is 12.8. The summed E-state index contributed by atoms with van der Waals surface area (Å²) >= 11 is 1.25. The number of carbonyl (C=O) groups is 2. The molecule has 0 bridgehead atoms. The first kappa shape index (κ1) is 16.1. The monoisotopic (exact) mass is 322 g/mol. The number of halogens is 1. The molecule has 1 amide bonds. The Balaban J connectivity index is 1.81. The minimum atomic E-state index is -0.375. The fourth-order valence-corrected chi connectivity index (χ4v) is 2.48. The Kier molecular flexibility index (Phi) is 5.60. The van der Waals surface area contributed by atoms with E-state index in [1.807, 2.05) is 0 Å². The molecule has 0 aliphatic rings. The molecule has 0 fully saturated rings. The number of hydrogen-bond donors (Lipinski definition) is 1. The van der Waals surface area contributed by atoms with Crippen LogP contribution in [0.2, 0.25) is 0 Å². The smallest absolute Gasteiger partial charge is 0.311 e. The molecule has 5 nitrogen and oxygen atoms in total. The van der Waals surface area contributed by atoms with Crippen molar-refractivity contribution in [2.24, 2.45) is 0 Å². The number of anilines is 1. The summed E-state index contributed by atoms with van der Waals surface area (Å²) in [6, 6.07) is 6.04. The van der Waals surface area contributed by atoms with E-state index < -0.39 is 0 Å². The Morgan fingerprint density at radius 1 is 1.32 bits per heavy atom. The molecule has 1 aromatic carbocycles. The van der Waals surface area contributed by atoms with E-state index in [1.165, 1.54) is 30.6 Å². The first-order valence-electron chi connectivity index (χ1n) is 6.62. The Morgan fingerprint density at radius 3 is 2.73 bits per heavy atom. The fraction of sp³-hybridized carbons (Fsp3) is 0.267. The number of amides is 1. The van der Waals surface area contributed by atoms with Crippen LogP contribution in [0.1, 0.15) is 17.7 Å². The lowest BCUT2D eigenvalue weighted by atomic mass is 10.1. The highest BCUT2D eigenvalue weighted by Crippen LogP contribution is 2.16. The number of aromatic nitrogens is 1. The van der Waals surface area contributed by atoms with Crippen molar-refractivity contribution >= 4 is 28.3 Å². The third-order valence-electron chi connectivity index (χ3n) is 2.91. The molecular weight excluding hydrogens is 307 g/mol. The molecule has 0 saturated heterocycles. The van der Waals surface area contributed by atoms with E-state index >= 15 is 0 Å². The van der Waals surface area contributed by atoms with E-state index in [4.69, 9.17) is 0 Å². The molecule has 1 N–H and O–H groups in total. The molecule has 0 unspecified atom stereocenters. The summed E-state index contributed by atoms with van der Waals surface area (Å²) in [6.45, 7) is 0. The van der Waals surface area contributed by atoms with Gasteiger partial charge < -0.3 is 10.1 Å². The number of esters is 1. The van der Waals surface area contributed by atoms with E-state index in [-0.39, 0.29) is 30.5 Å². The molecule has 2 aromatic rings. The topological polar surface area (TPSA) is 68.3 Å².